The third-order valence-corrected chi connectivity index (χ3v) is 4.66. The predicted octanol–water partition coefficient (Wildman–Crippen LogP) is 1.93. The first-order chi connectivity index (χ1) is 13.0. The minimum Gasteiger partial charge on any atom is -0.352 e. The van der Waals surface area contributed by atoms with Crippen LogP contribution in [-0.4, -0.2) is 51.1 Å². The molecule has 7 nitrogen and oxygen atoms in total. The maximum absolute atomic E-state index is 13.5. The number of nitrogens with zero attached hydrogens (tertiary/aromatic N) is 4. The third kappa shape index (κ3) is 4.87. The molecule has 0 bridgehead atoms. The Morgan fingerprint density at radius 2 is 2.00 bits per heavy atom. The summed E-state index contributed by atoms with van der Waals surface area (Å²) in [5, 5.41) is 6.69. The second-order valence-corrected chi connectivity index (χ2v) is 6.47. The highest BCUT2D eigenvalue weighted by Crippen LogP contribution is 2.21. The first kappa shape index (κ1) is 18.9. The van der Waals surface area contributed by atoms with Crippen molar-refractivity contribution in [2.75, 3.05) is 19.6 Å². The van der Waals surface area contributed by atoms with Crippen molar-refractivity contribution in [3.8, 4) is 0 Å². The molecule has 3 rings (SSSR count). The molecule has 0 radical (unpaired) electrons. The minimum atomic E-state index is -0.904. The van der Waals surface area contributed by atoms with Crippen molar-refractivity contribution in [2.45, 2.75) is 31.7 Å². The van der Waals surface area contributed by atoms with Crippen LogP contribution < -0.4 is 5.32 Å². The molecule has 1 aliphatic rings. The largest absolute Gasteiger partial charge is 0.352 e. The number of carbonyl (C=O) groups excluding carboxylic acids is 2. The van der Waals surface area contributed by atoms with Crippen LogP contribution in [0.4, 0.5) is 8.78 Å². The van der Waals surface area contributed by atoms with Crippen molar-refractivity contribution < 1.29 is 18.4 Å². The van der Waals surface area contributed by atoms with Crippen LogP contribution in [0.2, 0.25) is 0 Å². The first-order valence-electron chi connectivity index (χ1n) is 8.89. The standard InChI is InChI=1S/C18H21F2N5O2/c19-13-3-4-15(16(20)10-13)18(27)22-7-1-2-17(26)24-8-5-14(6-9-24)25-12-21-11-23-25/h3-4,10-12,14H,1-2,5-9H2,(H,22,27). The number of likely N-dealkylation sites (tertiary alicyclic amines) is 1. The van der Waals surface area contributed by atoms with E-state index in [4.69, 9.17) is 0 Å². The Hall–Kier alpha value is -2.84. The molecule has 0 aliphatic carbocycles. The van der Waals surface area contributed by atoms with Gasteiger partial charge in [-0.2, -0.15) is 5.10 Å². The molecule has 0 saturated carbocycles. The summed E-state index contributed by atoms with van der Waals surface area (Å²) in [5.41, 5.74) is -0.210. The maximum atomic E-state index is 13.5. The molecule has 0 atom stereocenters. The van der Waals surface area contributed by atoms with Gasteiger partial charge in [0.2, 0.25) is 5.91 Å². The highest BCUT2D eigenvalue weighted by atomic mass is 19.1. The van der Waals surface area contributed by atoms with Gasteiger partial charge < -0.3 is 10.2 Å². The van der Waals surface area contributed by atoms with Crippen LogP contribution in [0.15, 0.2) is 30.9 Å². The van der Waals surface area contributed by atoms with Gasteiger partial charge in [-0.15, -0.1) is 0 Å². The fourth-order valence-electron chi connectivity index (χ4n) is 3.15. The summed E-state index contributed by atoms with van der Waals surface area (Å²) < 4.78 is 28.2. The molecular formula is C18H21F2N5O2. The maximum Gasteiger partial charge on any atom is 0.254 e. The lowest BCUT2D eigenvalue weighted by Crippen LogP contribution is -2.39. The Kier molecular flexibility index (Phi) is 6.10. The Balaban J connectivity index is 1.37. The number of piperidine rings is 1. The van der Waals surface area contributed by atoms with Crippen LogP contribution in [0.1, 0.15) is 42.1 Å². The topological polar surface area (TPSA) is 80.1 Å². The number of nitrogens with one attached hydrogen (secondary N) is 1. The van der Waals surface area contributed by atoms with Gasteiger partial charge in [0.1, 0.15) is 24.3 Å². The summed E-state index contributed by atoms with van der Waals surface area (Å²) >= 11 is 0. The van der Waals surface area contributed by atoms with Gasteiger partial charge >= 0.3 is 0 Å². The molecule has 27 heavy (non-hydrogen) atoms. The lowest BCUT2D eigenvalue weighted by atomic mass is 10.0. The van der Waals surface area contributed by atoms with Crippen molar-refractivity contribution in [1.29, 1.82) is 0 Å². The molecule has 1 aromatic carbocycles. The number of hydrogen-bond donors (Lipinski definition) is 1. The van der Waals surface area contributed by atoms with Gasteiger partial charge in [0.25, 0.3) is 5.91 Å². The summed E-state index contributed by atoms with van der Waals surface area (Å²) in [5.74, 6) is -2.22. The highest BCUT2D eigenvalue weighted by molar-refractivity contribution is 5.94. The summed E-state index contributed by atoms with van der Waals surface area (Å²) in [6.45, 7) is 1.57. The fraction of sp³-hybridized carbons (Fsp3) is 0.444. The zero-order valence-electron chi connectivity index (χ0n) is 14.8. The first-order valence-corrected chi connectivity index (χ1v) is 8.89. The van der Waals surface area contributed by atoms with Gasteiger partial charge in [-0.25, -0.2) is 18.4 Å². The Bertz CT molecular complexity index is 789. The van der Waals surface area contributed by atoms with Crippen molar-refractivity contribution in [3.63, 3.8) is 0 Å². The van der Waals surface area contributed by atoms with Crippen LogP contribution in [0.25, 0.3) is 0 Å². The number of halogens is 2. The van der Waals surface area contributed by atoms with Gasteiger partial charge in [-0.1, -0.05) is 0 Å². The second-order valence-electron chi connectivity index (χ2n) is 6.47. The number of rotatable bonds is 6. The van der Waals surface area contributed by atoms with Crippen LogP contribution in [0.5, 0.6) is 0 Å². The lowest BCUT2D eigenvalue weighted by molar-refractivity contribution is -0.132. The van der Waals surface area contributed by atoms with E-state index in [0.717, 1.165) is 25.0 Å². The monoisotopic (exact) mass is 377 g/mol. The molecule has 1 saturated heterocycles. The SMILES string of the molecule is O=C(NCCCC(=O)N1CCC(n2cncn2)CC1)c1ccc(F)cc1F. The predicted molar refractivity (Wildman–Crippen MR) is 92.8 cm³/mol. The molecule has 1 aromatic heterocycles. The summed E-state index contributed by atoms with van der Waals surface area (Å²) in [6.07, 6.45) is 5.61. The summed E-state index contributed by atoms with van der Waals surface area (Å²) in [7, 11) is 0. The molecule has 1 aliphatic heterocycles. The number of amides is 2. The summed E-state index contributed by atoms with van der Waals surface area (Å²) in [6, 6.07) is 3.07. The Morgan fingerprint density at radius 3 is 2.67 bits per heavy atom. The second kappa shape index (κ2) is 8.70. The van der Waals surface area contributed by atoms with E-state index in [1.54, 1.807) is 6.33 Å². The lowest BCUT2D eigenvalue weighted by Gasteiger charge is -2.32. The molecule has 0 spiro atoms. The fourth-order valence-corrected chi connectivity index (χ4v) is 3.15. The van der Waals surface area contributed by atoms with Crippen LogP contribution >= 0.6 is 0 Å². The van der Waals surface area contributed by atoms with Gasteiger partial charge in [-0.05, 0) is 31.4 Å². The van der Waals surface area contributed by atoms with Crippen LogP contribution in [-0.2, 0) is 4.79 Å². The van der Waals surface area contributed by atoms with Gasteiger partial charge in [0.15, 0.2) is 0 Å². The number of benzene rings is 1. The molecule has 144 valence electrons. The van der Waals surface area contributed by atoms with Crippen LogP contribution in [0.3, 0.4) is 0 Å². The zero-order valence-corrected chi connectivity index (χ0v) is 14.8. The van der Waals surface area contributed by atoms with E-state index < -0.39 is 17.5 Å². The van der Waals surface area contributed by atoms with Crippen molar-refractivity contribution in [3.05, 3.63) is 48.1 Å². The zero-order chi connectivity index (χ0) is 19.2. The van der Waals surface area contributed by atoms with E-state index in [2.05, 4.69) is 15.4 Å². The Morgan fingerprint density at radius 1 is 1.22 bits per heavy atom. The van der Waals surface area contributed by atoms with E-state index in [9.17, 15) is 18.4 Å². The molecule has 1 fully saturated rings. The normalized spacial score (nSPS) is 15.0. The van der Waals surface area contributed by atoms with Crippen LogP contribution in [0, 0.1) is 11.6 Å². The highest BCUT2D eigenvalue weighted by Gasteiger charge is 2.23. The Labute approximate surface area is 155 Å². The molecule has 2 amide bonds. The molecule has 1 N–H and O–H groups in total. The number of hydrogen-bond acceptors (Lipinski definition) is 4. The number of aromatic nitrogens is 3. The number of carbonyl (C=O) groups is 2. The summed E-state index contributed by atoms with van der Waals surface area (Å²) in [4.78, 5) is 29.9. The van der Waals surface area contributed by atoms with E-state index >= 15 is 0 Å². The molecular weight excluding hydrogens is 356 g/mol. The quantitative estimate of drug-likeness (QED) is 0.780. The molecule has 2 heterocycles. The molecule has 9 heteroatoms. The smallest absolute Gasteiger partial charge is 0.254 e. The average Bonchev–Trinajstić information content (AvgIpc) is 3.20. The van der Waals surface area contributed by atoms with Crippen molar-refractivity contribution in [2.24, 2.45) is 0 Å². The van der Waals surface area contributed by atoms with E-state index in [0.29, 0.717) is 32.0 Å². The van der Waals surface area contributed by atoms with Gasteiger partial charge in [0.05, 0.1) is 11.6 Å². The molecule has 0 unspecified atom stereocenters. The molecule has 2 aromatic rings. The van der Waals surface area contributed by atoms with E-state index in [-0.39, 0.29) is 24.1 Å². The van der Waals surface area contributed by atoms with Crippen molar-refractivity contribution in [1.82, 2.24) is 25.0 Å². The van der Waals surface area contributed by atoms with E-state index in [1.807, 2.05) is 9.58 Å². The van der Waals surface area contributed by atoms with Crippen molar-refractivity contribution >= 4 is 11.8 Å². The van der Waals surface area contributed by atoms with Gasteiger partial charge in [0, 0.05) is 32.1 Å². The minimum absolute atomic E-state index is 0.0363. The van der Waals surface area contributed by atoms with E-state index in [1.165, 1.54) is 6.33 Å². The average molecular weight is 377 g/mol. The van der Waals surface area contributed by atoms with Gasteiger partial charge in [-0.3, -0.25) is 9.59 Å². The third-order valence-electron chi connectivity index (χ3n) is 4.66.